The molecular formula is C15H28N2O. The Hall–Kier alpha value is -0.570. The molecule has 104 valence electrons. The van der Waals surface area contributed by atoms with Gasteiger partial charge in [-0.1, -0.05) is 32.6 Å². The first kappa shape index (κ1) is 13.9. The number of hydrogen-bond donors (Lipinski definition) is 1. The molecule has 2 rings (SSSR count). The third kappa shape index (κ3) is 3.47. The highest BCUT2D eigenvalue weighted by Gasteiger charge is 2.43. The summed E-state index contributed by atoms with van der Waals surface area (Å²) in [6.07, 6.45) is 9.61. The van der Waals surface area contributed by atoms with Crippen LogP contribution in [0.5, 0.6) is 0 Å². The zero-order valence-corrected chi connectivity index (χ0v) is 11.8. The SMILES string of the molecule is CCCCCCCN1CC2(CCNCC2)CC1=O. The minimum absolute atomic E-state index is 0.325. The first-order chi connectivity index (χ1) is 8.76. The van der Waals surface area contributed by atoms with Crippen LogP contribution in [-0.2, 0) is 4.79 Å². The highest BCUT2D eigenvalue weighted by atomic mass is 16.2. The highest BCUT2D eigenvalue weighted by Crippen LogP contribution is 2.39. The quantitative estimate of drug-likeness (QED) is 0.737. The van der Waals surface area contributed by atoms with Crippen molar-refractivity contribution in [2.45, 2.75) is 58.3 Å². The monoisotopic (exact) mass is 252 g/mol. The third-order valence-corrected chi connectivity index (χ3v) is 4.60. The van der Waals surface area contributed by atoms with Crippen LogP contribution in [-0.4, -0.2) is 37.0 Å². The van der Waals surface area contributed by atoms with Crippen LogP contribution in [0, 0.1) is 5.41 Å². The molecule has 2 fully saturated rings. The summed E-state index contributed by atoms with van der Waals surface area (Å²) in [7, 11) is 0. The lowest BCUT2D eigenvalue weighted by Gasteiger charge is -2.33. The summed E-state index contributed by atoms with van der Waals surface area (Å²) < 4.78 is 0. The van der Waals surface area contributed by atoms with Gasteiger partial charge in [0.25, 0.3) is 0 Å². The Balaban J connectivity index is 1.71. The van der Waals surface area contributed by atoms with Gasteiger partial charge >= 0.3 is 0 Å². The first-order valence-electron chi connectivity index (χ1n) is 7.74. The summed E-state index contributed by atoms with van der Waals surface area (Å²) in [6, 6.07) is 0. The molecule has 2 aliphatic heterocycles. The summed E-state index contributed by atoms with van der Waals surface area (Å²) >= 11 is 0. The molecule has 1 amide bonds. The Morgan fingerprint density at radius 3 is 2.61 bits per heavy atom. The van der Waals surface area contributed by atoms with Gasteiger partial charge in [0, 0.05) is 19.5 Å². The van der Waals surface area contributed by atoms with Crippen molar-refractivity contribution in [2.75, 3.05) is 26.2 Å². The van der Waals surface area contributed by atoms with E-state index in [4.69, 9.17) is 0 Å². The molecule has 0 bridgehead atoms. The van der Waals surface area contributed by atoms with E-state index >= 15 is 0 Å². The molecule has 2 saturated heterocycles. The van der Waals surface area contributed by atoms with Crippen LogP contribution in [0.3, 0.4) is 0 Å². The van der Waals surface area contributed by atoms with E-state index in [1.807, 2.05) is 0 Å². The highest BCUT2D eigenvalue weighted by molar-refractivity contribution is 5.79. The molecule has 3 nitrogen and oxygen atoms in total. The molecular weight excluding hydrogens is 224 g/mol. The van der Waals surface area contributed by atoms with Crippen molar-refractivity contribution >= 4 is 5.91 Å². The van der Waals surface area contributed by atoms with Gasteiger partial charge in [-0.15, -0.1) is 0 Å². The molecule has 0 aliphatic carbocycles. The Morgan fingerprint density at radius 2 is 1.89 bits per heavy atom. The molecule has 0 atom stereocenters. The second-order valence-electron chi connectivity index (χ2n) is 6.16. The summed E-state index contributed by atoms with van der Waals surface area (Å²) in [5, 5.41) is 3.40. The first-order valence-corrected chi connectivity index (χ1v) is 7.74. The minimum atomic E-state index is 0.325. The summed E-state index contributed by atoms with van der Waals surface area (Å²) in [6.45, 7) is 6.46. The fourth-order valence-electron chi connectivity index (χ4n) is 3.38. The van der Waals surface area contributed by atoms with E-state index in [1.54, 1.807) is 0 Å². The number of carbonyl (C=O) groups is 1. The molecule has 18 heavy (non-hydrogen) atoms. The standard InChI is InChI=1S/C15H28N2O/c1-2-3-4-5-6-11-17-13-15(12-14(17)18)7-9-16-10-8-15/h16H,2-13H2,1H3. The average Bonchev–Trinajstić information content (AvgIpc) is 2.66. The molecule has 3 heteroatoms. The maximum Gasteiger partial charge on any atom is 0.223 e. The second-order valence-corrected chi connectivity index (χ2v) is 6.16. The molecule has 0 radical (unpaired) electrons. The molecule has 0 saturated carbocycles. The summed E-state index contributed by atoms with van der Waals surface area (Å²) in [5.74, 6) is 0.410. The molecule has 1 N–H and O–H groups in total. The number of carbonyl (C=O) groups excluding carboxylic acids is 1. The second kappa shape index (κ2) is 6.55. The van der Waals surface area contributed by atoms with Crippen LogP contribution < -0.4 is 5.32 Å². The lowest BCUT2D eigenvalue weighted by Crippen LogP contribution is -2.38. The number of rotatable bonds is 6. The fraction of sp³-hybridized carbons (Fsp3) is 0.933. The van der Waals surface area contributed by atoms with Crippen LogP contribution in [0.2, 0.25) is 0 Å². The maximum atomic E-state index is 12.1. The van der Waals surface area contributed by atoms with Gasteiger partial charge in [-0.2, -0.15) is 0 Å². The van der Waals surface area contributed by atoms with Crippen LogP contribution in [0.25, 0.3) is 0 Å². The van der Waals surface area contributed by atoms with Gasteiger partial charge in [0.2, 0.25) is 5.91 Å². The van der Waals surface area contributed by atoms with Gasteiger partial charge in [-0.3, -0.25) is 4.79 Å². The molecule has 0 aromatic carbocycles. The van der Waals surface area contributed by atoms with Crippen LogP contribution in [0.15, 0.2) is 0 Å². The molecule has 2 heterocycles. The Morgan fingerprint density at radius 1 is 1.17 bits per heavy atom. The van der Waals surface area contributed by atoms with E-state index in [0.29, 0.717) is 11.3 Å². The lowest BCUT2D eigenvalue weighted by molar-refractivity contribution is -0.127. The zero-order chi connectivity index (χ0) is 12.8. The average molecular weight is 252 g/mol. The van der Waals surface area contributed by atoms with Crippen LogP contribution in [0.1, 0.15) is 58.3 Å². The van der Waals surface area contributed by atoms with Crippen molar-refractivity contribution in [3.05, 3.63) is 0 Å². The maximum absolute atomic E-state index is 12.1. The predicted octanol–water partition coefficient (Wildman–Crippen LogP) is 2.56. The summed E-state index contributed by atoms with van der Waals surface area (Å²) in [4.78, 5) is 14.2. The van der Waals surface area contributed by atoms with E-state index in [-0.39, 0.29) is 0 Å². The predicted molar refractivity (Wildman–Crippen MR) is 74.5 cm³/mol. The van der Waals surface area contributed by atoms with Gasteiger partial charge in [0.1, 0.15) is 0 Å². The van der Waals surface area contributed by atoms with E-state index < -0.39 is 0 Å². The van der Waals surface area contributed by atoms with Crippen molar-refractivity contribution in [1.29, 1.82) is 0 Å². The van der Waals surface area contributed by atoms with Gasteiger partial charge in [0.15, 0.2) is 0 Å². The normalized spacial score (nSPS) is 22.9. The third-order valence-electron chi connectivity index (χ3n) is 4.60. The Kier molecular flexibility index (Phi) is 5.04. The Bertz CT molecular complexity index is 272. The van der Waals surface area contributed by atoms with E-state index in [2.05, 4.69) is 17.1 Å². The van der Waals surface area contributed by atoms with Crippen molar-refractivity contribution in [1.82, 2.24) is 10.2 Å². The lowest BCUT2D eigenvalue weighted by atomic mass is 9.78. The number of nitrogens with one attached hydrogen (secondary N) is 1. The molecule has 0 aromatic rings. The van der Waals surface area contributed by atoms with Gasteiger partial charge in [-0.05, 0) is 37.8 Å². The van der Waals surface area contributed by atoms with E-state index in [1.165, 1.54) is 44.9 Å². The van der Waals surface area contributed by atoms with Gasteiger partial charge in [-0.25, -0.2) is 0 Å². The molecule has 1 spiro atoms. The van der Waals surface area contributed by atoms with Gasteiger partial charge < -0.3 is 10.2 Å². The van der Waals surface area contributed by atoms with E-state index in [9.17, 15) is 4.79 Å². The molecule has 0 aromatic heterocycles. The number of piperidine rings is 1. The minimum Gasteiger partial charge on any atom is -0.342 e. The smallest absolute Gasteiger partial charge is 0.223 e. The van der Waals surface area contributed by atoms with Crippen molar-refractivity contribution in [2.24, 2.45) is 5.41 Å². The number of unbranched alkanes of at least 4 members (excludes halogenated alkanes) is 4. The number of amides is 1. The van der Waals surface area contributed by atoms with E-state index in [0.717, 1.165) is 32.6 Å². The van der Waals surface area contributed by atoms with Crippen LogP contribution in [0.4, 0.5) is 0 Å². The van der Waals surface area contributed by atoms with Crippen molar-refractivity contribution < 1.29 is 4.79 Å². The fourth-order valence-corrected chi connectivity index (χ4v) is 3.38. The molecule has 0 unspecified atom stereocenters. The van der Waals surface area contributed by atoms with Crippen molar-refractivity contribution in [3.8, 4) is 0 Å². The topological polar surface area (TPSA) is 32.3 Å². The van der Waals surface area contributed by atoms with Gasteiger partial charge in [0.05, 0.1) is 0 Å². The number of likely N-dealkylation sites (tertiary alicyclic amines) is 1. The summed E-state index contributed by atoms with van der Waals surface area (Å²) in [5.41, 5.74) is 0.325. The Labute approximate surface area is 111 Å². The number of hydrogen-bond acceptors (Lipinski definition) is 2. The van der Waals surface area contributed by atoms with Crippen molar-refractivity contribution in [3.63, 3.8) is 0 Å². The number of nitrogens with zero attached hydrogens (tertiary/aromatic N) is 1. The largest absolute Gasteiger partial charge is 0.342 e. The zero-order valence-electron chi connectivity index (χ0n) is 11.8. The van der Waals surface area contributed by atoms with Crippen LogP contribution >= 0.6 is 0 Å². The molecule has 2 aliphatic rings.